The van der Waals surface area contributed by atoms with Crippen molar-refractivity contribution in [1.29, 1.82) is 0 Å². The van der Waals surface area contributed by atoms with Gasteiger partial charge >= 0.3 is 0 Å². The number of piperidine rings is 1. The fourth-order valence-corrected chi connectivity index (χ4v) is 4.12. The Kier molecular flexibility index (Phi) is 3.67. The summed E-state index contributed by atoms with van der Waals surface area (Å²) in [6.45, 7) is 3.10. The fourth-order valence-electron chi connectivity index (χ4n) is 3.69. The number of nitrogens with zero attached hydrogens (tertiary/aromatic N) is 3. The largest absolute Gasteiger partial charge is 0.496 e. The van der Waals surface area contributed by atoms with Crippen molar-refractivity contribution in [3.63, 3.8) is 0 Å². The molecule has 23 heavy (non-hydrogen) atoms. The third-order valence-electron chi connectivity index (χ3n) is 4.86. The second-order valence-corrected chi connectivity index (χ2v) is 7.14. The first kappa shape index (κ1) is 14.8. The van der Waals surface area contributed by atoms with Crippen LogP contribution >= 0.6 is 15.9 Å². The van der Waals surface area contributed by atoms with Gasteiger partial charge in [0, 0.05) is 31.4 Å². The summed E-state index contributed by atoms with van der Waals surface area (Å²) in [6.07, 6.45) is 6.46. The van der Waals surface area contributed by atoms with Gasteiger partial charge < -0.3 is 20.3 Å². The quantitative estimate of drug-likeness (QED) is 0.753. The number of halogens is 1. The number of hydrogen-bond acceptors (Lipinski definition) is 5. The summed E-state index contributed by atoms with van der Waals surface area (Å²) in [4.78, 5) is 20.7. The lowest BCUT2D eigenvalue weighted by Gasteiger charge is -2.39. The zero-order valence-corrected chi connectivity index (χ0v) is 14.4. The Morgan fingerprint density at radius 3 is 3.13 bits per heavy atom. The predicted molar refractivity (Wildman–Crippen MR) is 90.3 cm³/mol. The molecule has 0 saturated carbocycles. The first-order chi connectivity index (χ1) is 11.1. The summed E-state index contributed by atoms with van der Waals surface area (Å²) in [7, 11) is 0. The number of primary amides is 1. The minimum atomic E-state index is -0.211. The highest BCUT2D eigenvalue weighted by molar-refractivity contribution is 9.12. The molecule has 122 valence electrons. The maximum atomic E-state index is 11.5. The second kappa shape index (κ2) is 5.70. The Hall–Kier alpha value is -1.76. The van der Waals surface area contributed by atoms with E-state index in [9.17, 15) is 4.79 Å². The van der Waals surface area contributed by atoms with Gasteiger partial charge in [-0.2, -0.15) is 0 Å². The van der Waals surface area contributed by atoms with Crippen LogP contribution in [0.15, 0.2) is 38.8 Å². The number of allylic oxidation sites excluding steroid dienone is 1. The number of likely N-dealkylation sites (tertiary alicyclic amines) is 1. The van der Waals surface area contributed by atoms with Gasteiger partial charge in [-0.25, -0.2) is 4.99 Å². The van der Waals surface area contributed by atoms with E-state index in [0.29, 0.717) is 13.2 Å². The molecule has 4 rings (SSSR count). The lowest BCUT2D eigenvalue weighted by atomic mass is 9.97. The van der Waals surface area contributed by atoms with Crippen LogP contribution in [0.4, 0.5) is 0 Å². The standard InChI is InChI=1S/C16H19BrN4O2/c17-13-9-23-8-11-3-5-21-14(11)12(13)6-19-16(21)20-4-1-2-10(7-20)15(18)22/h6,9-10H,1-5,7-8H2,(H2,18,22). The number of guanidine groups is 1. The zero-order valence-electron chi connectivity index (χ0n) is 12.8. The third-order valence-corrected chi connectivity index (χ3v) is 5.47. The number of carbonyl (C=O) groups excluding carboxylic acids is 1. The van der Waals surface area contributed by atoms with Gasteiger partial charge in [0.2, 0.25) is 11.9 Å². The average Bonchev–Trinajstić information content (AvgIpc) is 2.90. The van der Waals surface area contributed by atoms with Crippen molar-refractivity contribution < 1.29 is 9.53 Å². The molecule has 0 spiro atoms. The first-order valence-electron chi connectivity index (χ1n) is 7.95. The van der Waals surface area contributed by atoms with E-state index in [1.54, 1.807) is 6.26 Å². The predicted octanol–water partition coefficient (Wildman–Crippen LogP) is 1.66. The number of hydrogen-bond donors (Lipinski definition) is 1. The molecule has 4 aliphatic rings. The van der Waals surface area contributed by atoms with Crippen LogP contribution in [0.3, 0.4) is 0 Å². The van der Waals surface area contributed by atoms with Gasteiger partial charge in [0.05, 0.1) is 22.4 Å². The number of ether oxygens (including phenoxy) is 1. The lowest BCUT2D eigenvalue weighted by molar-refractivity contribution is -0.122. The van der Waals surface area contributed by atoms with Gasteiger partial charge in [0.1, 0.15) is 6.61 Å². The van der Waals surface area contributed by atoms with Crippen molar-refractivity contribution in [2.75, 3.05) is 26.2 Å². The summed E-state index contributed by atoms with van der Waals surface area (Å²) in [5.74, 6) is 0.640. The molecule has 0 radical (unpaired) electrons. The molecule has 7 heteroatoms. The maximum absolute atomic E-state index is 11.5. The highest BCUT2D eigenvalue weighted by atomic mass is 79.9. The van der Waals surface area contributed by atoms with Crippen molar-refractivity contribution >= 4 is 27.8 Å². The number of amides is 1. The number of carbonyl (C=O) groups is 1. The van der Waals surface area contributed by atoms with Crippen molar-refractivity contribution in [2.45, 2.75) is 19.3 Å². The molecule has 1 amide bonds. The van der Waals surface area contributed by atoms with E-state index >= 15 is 0 Å². The summed E-state index contributed by atoms with van der Waals surface area (Å²) in [5.41, 5.74) is 9.09. The van der Waals surface area contributed by atoms with E-state index in [0.717, 1.165) is 48.4 Å². The molecular formula is C16H19BrN4O2. The molecule has 0 aliphatic carbocycles. The number of nitrogens with two attached hydrogens (primary N) is 1. The average molecular weight is 379 g/mol. The Bertz CT molecular complexity index is 680. The van der Waals surface area contributed by atoms with E-state index in [1.807, 2.05) is 6.20 Å². The Morgan fingerprint density at radius 2 is 2.30 bits per heavy atom. The third kappa shape index (κ3) is 2.47. The van der Waals surface area contributed by atoms with Gasteiger partial charge in [-0.15, -0.1) is 0 Å². The molecule has 2 N–H and O–H groups in total. The molecule has 0 aromatic rings. The van der Waals surface area contributed by atoms with Crippen LogP contribution in [0.2, 0.25) is 0 Å². The van der Waals surface area contributed by atoms with E-state index in [2.05, 4.69) is 25.7 Å². The van der Waals surface area contributed by atoms with Crippen molar-refractivity contribution in [2.24, 2.45) is 16.6 Å². The maximum Gasteiger partial charge on any atom is 0.222 e. The van der Waals surface area contributed by atoms with Gasteiger partial charge in [0.25, 0.3) is 0 Å². The van der Waals surface area contributed by atoms with Gasteiger partial charge in [-0.3, -0.25) is 4.79 Å². The molecule has 1 unspecified atom stereocenters. The number of rotatable bonds is 1. The lowest BCUT2D eigenvalue weighted by Crippen LogP contribution is -2.50. The van der Waals surface area contributed by atoms with E-state index in [1.165, 1.54) is 11.3 Å². The van der Waals surface area contributed by atoms with Gasteiger partial charge in [-0.1, -0.05) is 0 Å². The van der Waals surface area contributed by atoms with E-state index in [-0.39, 0.29) is 11.8 Å². The molecule has 6 nitrogen and oxygen atoms in total. The summed E-state index contributed by atoms with van der Waals surface area (Å²) in [5, 5.41) is 0. The molecule has 0 bridgehead atoms. The van der Waals surface area contributed by atoms with E-state index < -0.39 is 0 Å². The Morgan fingerprint density at radius 1 is 1.43 bits per heavy atom. The molecule has 4 aliphatic heterocycles. The van der Waals surface area contributed by atoms with Crippen LogP contribution in [-0.4, -0.2) is 47.9 Å². The fraction of sp³-hybridized carbons (Fsp3) is 0.500. The van der Waals surface area contributed by atoms with Crippen LogP contribution in [0.25, 0.3) is 0 Å². The second-order valence-electron chi connectivity index (χ2n) is 6.29. The van der Waals surface area contributed by atoms with Crippen LogP contribution < -0.4 is 5.73 Å². The van der Waals surface area contributed by atoms with Crippen LogP contribution in [0, 0.1) is 5.92 Å². The monoisotopic (exact) mass is 378 g/mol. The van der Waals surface area contributed by atoms with E-state index in [4.69, 9.17) is 15.5 Å². The topological polar surface area (TPSA) is 71.2 Å². The van der Waals surface area contributed by atoms with Crippen molar-refractivity contribution in [1.82, 2.24) is 9.80 Å². The van der Waals surface area contributed by atoms with Crippen LogP contribution in [0.1, 0.15) is 19.3 Å². The summed E-state index contributed by atoms with van der Waals surface area (Å²) >= 11 is 3.57. The molecule has 1 fully saturated rings. The molecule has 0 aromatic heterocycles. The minimum absolute atomic E-state index is 0.0861. The van der Waals surface area contributed by atoms with Crippen LogP contribution in [0.5, 0.6) is 0 Å². The highest BCUT2D eigenvalue weighted by Crippen LogP contribution is 2.40. The Balaban J connectivity index is 1.67. The summed E-state index contributed by atoms with van der Waals surface area (Å²) < 4.78 is 6.52. The zero-order chi connectivity index (χ0) is 16.0. The van der Waals surface area contributed by atoms with Crippen LogP contribution in [-0.2, 0) is 9.53 Å². The molecule has 1 atom stereocenters. The highest BCUT2D eigenvalue weighted by Gasteiger charge is 2.37. The van der Waals surface area contributed by atoms with Gasteiger partial charge in [-0.05, 0) is 40.8 Å². The number of aliphatic imine (C=N–C) groups is 1. The molecule has 0 aromatic carbocycles. The normalized spacial score (nSPS) is 26.8. The molecule has 4 heterocycles. The molecular weight excluding hydrogens is 360 g/mol. The smallest absolute Gasteiger partial charge is 0.222 e. The summed E-state index contributed by atoms with van der Waals surface area (Å²) in [6, 6.07) is 0. The Labute approximate surface area is 143 Å². The SMILES string of the molecule is NC(=O)C1CCCN(C2=NC=C3C(Br)=COCC4=C3N2CC4)C1. The van der Waals surface area contributed by atoms with Gasteiger partial charge in [0.15, 0.2) is 0 Å². The molecule has 1 saturated heterocycles. The van der Waals surface area contributed by atoms with Crippen molar-refractivity contribution in [3.8, 4) is 0 Å². The minimum Gasteiger partial charge on any atom is -0.496 e. The first-order valence-corrected chi connectivity index (χ1v) is 8.74. The van der Waals surface area contributed by atoms with Crippen molar-refractivity contribution in [3.05, 3.63) is 33.8 Å².